The molecule has 0 bridgehead atoms. The number of nitrogens with one attached hydrogen (secondary N) is 1. The van der Waals surface area contributed by atoms with Gasteiger partial charge in [-0.25, -0.2) is 0 Å². The van der Waals surface area contributed by atoms with Gasteiger partial charge in [-0.3, -0.25) is 10.4 Å². The first-order valence-electron chi connectivity index (χ1n) is 8.44. The topological polar surface area (TPSA) is 37.3 Å². The Balaban J connectivity index is 1.89. The minimum Gasteiger partial charge on any atom is -0.278 e. The predicted octanol–water partition coefficient (Wildman–Crippen LogP) is 5.24. The molecule has 0 aliphatic carbocycles. The second-order valence-electron chi connectivity index (χ2n) is 7.00. The summed E-state index contributed by atoms with van der Waals surface area (Å²) in [5.41, 5.74) is 8.59. The second-order valence-corrected chi connectivity index (χ2v) is 7.00. The lowest BCUT2D eigenvalue weighted by atomic mass is 9.87. The Morgan fingerprint density at radius 2 is 1.40 bits per heavy atom. The Morgan fingerprint density at radius 1 is 0.800 bits per heavy atom. The summed E-state index contributed by atoms with van der Waals surface area (Å²) in [4.78, 5) is 4.10. The smallest absolute Gasteiger partial charge is 0.0979 e. The van der Waals surface area contributed by atoms with Gasteiger partial charge in [0.25, 0.3) is 0 Å². The Kier molecular flexibility index (Phi) is 4.94. The third-order valence-electron chi connectivity index (χ3n) is 4.05. The molecule has 0 amide bonds. The highest BCUT2D eigenvalue weighted by Gasteiger charge is 2.13. The summed E-state index contributed by atoms with van der Waals surface area (Å²) < 4.78 is 0. The van der Waals surface area contributed by atoms with Gasteiger partial charge in [0.2, 0.25) is 0 Å². The van der Waals surface area contributed by atoms with Gasteiger partial charge >= 0.3 is 0 Å². The molecule has 0 atom stereocenters. The largest absolute Gasteiger partial charge is 0.278 e. The van der Waals surface area contributed by atoms with E-state index in [4.69, 9.17) is 0 Å². The second kappa shape index (κ2) is 7.31. The standard InChI is InChI=1S/C22H23N3/c1-22(2,3)19-9-11-20(12-10-19)24-25-21(17-7-5-4-6-8-17)18-13-15-23-16-14-18/h4-16,24H,1-3H3/b25-21-. The van der Waals surface area contributed by atoms with E-state index in [1.807, 2.05) is 30.3 Å². The van der Waals surface area contributed by atoms with E-state index in [2.05, 4.69) is 72.7 Å². The lowest BCUT2D eigenvalue weighted by Gasteiger charge is -2.19. The first-order chi connectivity index (χ1) is 12.0. The number of nitrogens with zero attached hydrogens (tertiary/aromatic N) is 2. The summed E-state index contributed by atoms with van der Waals surface area (Å²) in [6.07, 6.45) is 3.57. The molecule has 0 unspecified atom stereocenters. The summed E-state index contributed by atoms with van der Waals surface area (Å²) in [5.74, 6) is 0. The van der Waals surface area contributed by atoms with E-state index in [9.17, 15) is 0 Å². The minimum atomic E-state index is 0.147. The van der Waals surface area contributed by atoms with Crippen LogP contribution in [0, 0.1) is 0 Å². The van der Waals surface area contributed by atoms with E-state index in [1.54, 1.807) is 12.4 Å². The maximum Gasteiger partial charge on any atom is 0.0979 e. The average molecular weight is 329 g/mol. The van der Waals surface area contributed by atoms with Gasteiger partial charge in [-0.2, -0.15) is 5.10 Å². The van der Waals surface area contributed by atoms with Gasteiger partial charge in [0.15, 0.2) is 0 Å². The van der Waals surface area contributed by atoms with Crippen LogP contribution in [-0.2, 0) is 5.41 Å². The van der Waals surface area contributed by atoms with E-state index in [-0.39, 0.29) is 5.41 Å². The van der Waals surface area contributed by atoms with Gasteiger partial charge < -0.3 is 0 Å². The van der Waals surface area contributed by atoms with Crippen LogP contribution in [0.15, 0.2) is 84.2 Å². The van der Waals surface area contributed by atoms with E-state index in [1.165, 1.54) is 5.56 Å². The highest BCUT2D eigenvalue weighted by molar-refractivity contribution is 6.13. The molecule has 3 heteroatoms. The molecule has 3 nitrogen and oxygen atoms in total. The van der Waals surface area contributed by atoms with Crippen molar-refractivity contribution in [1.82, 2.24) is 4.98 Å². The van der Waals surface area contributed by atoms with Crippen LogP contribution >= 0.6 is 0 Å². The number of hydrazone groups is 1. The van der Waals surface area contributed by atoms with Gasteiger partial charge in [-0.05, 0) is 35.2 Å². The predicted molar refractivity (Wildman–Crippen MR) is 105 cm³/mol. The van der Waals surface area contributed by atoms with Crippen LogP contribution in [0.25, 0.3) is 0 Å². The van der Waals surface area contributed by atoms with Crippen molar-refractivity contribution in [2.24, 2.45) is 5.10 Å². The molecular weight excluding hydrogens is 306 g/mol. The maximum atomic E-state index is 4.67. The molecule has 0 aliphatic heterocycles. The fraction of sp³-hybridized carbons (Fsp3) is 0.182. The van der Waals surface area contributed by atoms with Crippen LogP contribution in [-0.4, -0.2) is 10.7 Å². The van der Waals surface area contributed by atoms with Gasteiger partial charge in [-0.15, -0.1) is 0 Å². The van der Waals surface area contributed by atoms with Crippen molar-refractivity contribution >= 4 is 11.4 Å². The molecule has 3 aromatic rings. The molecule has 126 valence electrons. The number of hydrogen-bond acceptors (Lipinski definition) is 3. The normalized spacial score (nSPS) is 12.0. The summed E-state index contributed by atoms with van der Waals surface area (Å²) in [7, 11) is 0. The van der Waals surface area contributed by atoms with Gasteiger partial charge in [-0.1, -0.05) is 63.2 Å². The van der Waals surface area contributed by atoms with Gasteiger partial charge in [0.1, 0.15) is 0 Å². The molecule has 0 saturated carbocycles. The van der Waals surface area contributed by atoms with E-state index >= 15 is 0 Å². The number of pyridine rings is 1. The molecule has 0 radical (unpaired) electrons. The molecule has 1 heterocycles. The molecule has 25 heavy (non-hydrogen) atoms. The zero-order valence-corrected chi connectivity index (χ0v) is 14.9. The number of hydrogen-bond donors (Lipinski definition) is 1. The Bertz CT molecular complexity index is 788. The Hall–Kier alpha value is -2.94. The molecule has 1 aromatic heterocycles. The zero-order chi connectivity index (χ0) is 17.7. The van der Waals surface area contributed by atoms with Crippen molar-refractivity contribution in [3.63, 3.8) is 0 Å². The molecule has 0 fully saturated rings. The lowest BCUT2D eigenvalue weighted by molar-refractivity contribution is 0.590. The minimum absolute atomic E-state index is 0.147. The summed E-state index contributed by atoms with van der Waals surface area (Å²) in [6, 6.07) is 22.5. The Labute approximate surface area is 149 Å². The van der Waals surface area contributed by atoms with Crippen LogP contribution in [0.1, 0.15) is 37.5 Å². The van der Waals surface area contributed by atoms with Crippen molar-refractivity contribution < 1.29 is 0 Å². The van der Waals surface area contributed by atoms with Crippen LogP contribution in [0.2, 0.25) is 0 Å². The van der Waals surface area contributed by atoms with Crippen molar-refractivity contribution in [2.75, 3.05) is 5.43 Å². The van der Waals surface area contributed by atoms with Crippen molar-refractivity contribution in [3.05, 3.63) is 95.8 Å². The van der Waals surface area contributed by atoms with Gasteiger partial charge in [0.05, 0.1) is 11.4 Å². The van der Waals surface area contributed by atoms with Crippen LogP contribution in [0.4, 0.5) is 5.69 Å². The SMILES string of the molecule is CC(C)(C)c1ccc(N/N=C(/c2ccccc2)c2ccncc2)cc1. The maximum absolute atomic E-state index is 4.67. The summed E-state index contributed by atoms with van der Waals surface area (Å²) >= 11 is 0. The number of rotatable bonds is 4. The third-order valence-corrected chi connectivity index (χ3v) is 4.05. The van der Waals surface area contributed by atoms with E-state index in [0.29, 0.717) is 0 Å². The van der Waals surface area contributed by atoms with E-state index < -0.39 is 0 Å². The van der Waals surface area contributed by atoms with Crippen molar-refractivity contribution in [2.45, 2.75) is 26.2 Å². The van der Waals surface area contributed by atoms with Crippen molar-refractivity contribution in [1.29, 1.82) is 0 Å². The average Bonchev–Trinajstić information content (AvgIpc) is 2.63. The molecule has 1 N–H and O–H groups in total. The van der Waals surface area contributed by atoms with Crippen LogP contribution < -0.4 is 5.43 Å². The highest BCUT2D eigenvalue weighted by atomic mass is 15.3. The first kappa shape index (κ1) is 16.9. The fourth-order valence-corrected chi connectivity index (χ4v) is 2.57. The number of benzene rings is 2. The monoisotopic (exact) mass is 329 g/mol. The molecule has 0 saturated heterocycles. The fourth-order valence-electron chi connectivity index (χ4n) is 2.57. The molecular formula is C22H23N3. The molecule has 0 spiro atoms. The zero-order valence-electron chi connectivity index (χ0n) is 14.9. The summed E-state index contributed by atoms with van der Waals surface area (Å²) in [6.45, 7) is 6.64. The third kappa shape index (κ3) is 4.32. The van der Waals surface area contributed by atoms with Crippen molar-refractivity contribution in [3.8, 4) is 0 Å². The highest BCUT2D eigenvalue weighted by Crippen LogP contribution is 2.23. The molecule has 0 aliphatic rings. The lowest BCUT2D eigenvalue weighted by Crippen LogP contribution is -2.10. The van der Waals surface area contributed by atoms with E-state index in [0.717, 1.165) is 22.5 Å². The molecule has 3 rings (SSSR count). The molecule has 2 aromatic carbocycles. The summed E-state index contributed by atoms with van der Waals surface area (Å²) in [5, 5.41) is 4.67. The van der Waals surface area contributed by atoms with Crippen LogP contribution in [0.3, 0.4) is 0 Å². The van der Waals surface area contributed by atoms with Gasteiger partial charge in [0, 0.05) is 23.5 Å². The van der Waals surface area contributed by atoms with Crippen LogP contribution in [0.5, 0.6) is 0 Å². The number of aromatic nitrogens is 1. The number of anilines is 1. The Morgan fingerprint density at radius 3 is 2.00 bits per heavy atom. The first-order valence-corrected chi connectivity index (χ1v) is 8.44. The quantitative estimate of drug-likeness (QED) is 0.525.